The lowest BCUT2D eigenvalue weighted by molar-refractivity contribution is -0.0952. The fraction of sp³-hybridized carbons (Fsp3) is 0.360. The second-order valence-electron chi connectivity index (χ2n) is 7.97. The minimum absolute atomic E-state index is 0.153. The third kappa shape index (κ3) is 3.17. The summed E-state index contributed by atoms with van der Waals surface area (Å²) in [6.07, 6.45) is 4.15. The highest BCUT2D eigenvalue weighted by molar-refractivity contribution is 5.97. The predicted molar refractivity (Wildman–Crippen MR) is 118 cm³/mol. The van der Waals surface area contributed by atoms with Crippen LogP contribution in [0.1, 0.15) is 44.2 Å². The fourth-order valence-electron chi connectivity index (χ4n) is 4.31. The normalized spacial score (nSPS) is 24.0. The standard InChI is InChI=1S/C25H29NO3/c1-6-14(3)12-20-15(4)23-22-18(21(25(27)28-5)19(7-2)26-23)13-16-10-8-9-11-17(16)24(22)29-20/h7-14,19,21,25-27H,2,6H2,1,3-5H3/b20-12+. The van der Waals surface area contributed by atoms with Crippen LogP contribution in [0.3, 0.4) is 0 Å². The molecule has 0 spiro atoms. The average Bonchev–Trinajstić information content (AvgIpc) is 2.75. The van der Waals surface area contributed by atoms with Gasteiger partial charge in [0.05, 0.1) is 17.7 Å². The number of aliphatic hydroxyl groups excluding tert-OH is 1. The van der Waals surface area contributed by atoms with E-state index in [4.69, 9.17) is 9.47 Å². The van der Waals surface area contributed by atoms with E-state index in [1.165, 1.54) is 7.11 Å². The van der Waals surface area contributed by atoms with Crippen molar-refractivity contribution in [2.24, 2.45) is 5.92 Å². The largest absolute Gasteiger partial charge is 0.456 e. The summed E-state index contributed by atoms with van der Waals surface area (Å²) in [5, 5.41) is 16.4. The number of fused-ring (bicyclic) bond motifs is 2. The van der Waals surface area contributed by atoms with Crippen molar-refractivity contribution in [1.29, 1.82) is 0 Å². The van der Waals surface area contributed by atoms with Gasteiger partial charge in [-0.2, -0.15) is 0 Å². The third-order valence-corrected chi connectivity index (χ3v) is 6.18. The van der Waals surface area contributed by atoms with Crippen LogP contribution in [0.4, 0.5) is 0 Å². The molecule has 0 fully saturated rings. The Morgan fingerprint density at radius 1 is 1.34 bits per heavy atom. The number of nitrogens with one attached hydrogen (secondary N) is 1. The Hall–Kier alpha value is -2.56. The Kier molecular flexibility index (Phi) is 5.24. The molecule has 2 aromatic rings. The second kappa shape index (κ2) is 7.69. The zero-order chi connectivity index (χ0) is 20.7. The van der Waals surface area contributed by atoms with Crippen LogP contribution in [0.5, 0.6) is 5.75 Å². The van der Waals surface area contributed by atoms with Crippen molar-refractivity contribution in [1.82, 2.24) is 5.32 Å². The molecule has 0 bridgehead atoms. The smallest absolute Gasteiger partial charge is 0.163 e. The first kappa shape index (κ1) is 19.7. The van der Waals surface area contributed by atoms with Crippen LogP contribution >= 0.6 is 0 Å². The molecule has 0 amide bonds. The van der Waals surface area contributed by atoms with E-state index in [-0.39, 0.29) is 12.0 Å². The van der Waals surface area contributed by atoms with E-state index in [2.05, 4.69) is 56.9 Å². The molecule has 0 saturated heterocycles. The van der Waals surface area contributed by atoms with Crippen LogP contribution in [0.2, 0.25) is 0 Å². The van der Waals surface area contributed by atoms with Gasteiger partial charge in [0.1, 0.15) is 11.5 Å². The van der Waals surface area contributed by atoms with Crippen LogP contribution in [0.25, 0.3) is 16.5 Å². The van der Waals surface area contributed by atoms with Crippen molar-refractivity contribution >= 4 is 16.5 Å². The molecule has 2 aromatic carbocycles. The van der Waals surface area contributed by atoms with Crippen molar-refractivity contribution in [2.75, 3.05) is 7.11 Å². The Bertz CT molecular complexity index is 1020. The monoisotopic (exact) mass is 391 g/mol. The number of rotatable bonds is 5. The molecular formula is C25H29NO3. The van der Waals surface area contributed by atoms with Gasteiger partial charge in [0.25, 0.3) is 0 Å². The number of allylic oxidation sites excluding steroid dienone is 2. The number of ether oxygens (including phenoxy) is 2. The molecule has 2 aliphatic heterocycles. The summed E-state index contributed by atoms with van der Waals surface area (Å²) < 4.78 is 11.9. The third-order valence-electron chi connectivity index (χ3n) is 6.18. The summed E-state index contributed by atoms with van der Waals surface area (Å²) in [6.45, 7) is 10.5. The van der Waals surface area contributed by atoms with E-state index in [1.807, 2.05) is 18.2 Å². The minimum atomic E-state index is -0.949. The van der Waals surface area contributed by atoms with Crippen molar-refractivity contribution in [2.45, 2.75) is 45.4 Å². The number of hydrogen-bond donors (Lipinski definition) is 2. The number of benzene rings is 2. The van der Waals surface area contributed by atoms with Crippen LogP contribution in [0.15, 0.2) is 60.4 Å². The van der Waals surface area contributed by atoms with Gasteiger partial charge >= 0.3 is 0 Å². The van der Waals surface area contributed by atoms with Crippen molar-refractivity contribution in [3.8, 4) is 5.75 Å². The highest BCUT2D eigenvalue weighted by Gasteiger charge is 2.40. The first-order chi connectivity index (χ1) is 14.0. The van der Waals surface area contributed by atoms with Gasteiger partial charge in [-0.3, -0.25) is 0 Å². The molecule has 0 aliphatic carbocycles. The van der Waals surface area contributed by atoms with E-state index in [0.717, 1.165) is 51.1 Å². The highest BCUT2D eigenvalue weighted by atomic mass is 16.6. The molecule has 2 aliphatic rings. The summed E-state index contributed by atoms with van der Waals surface area (Å²) in [7, 11) is 1.53. The zero-order valence-corrected chi connectivity index (χ0v) is 17.5. The van der Waals surface area contributed by atoms with Gasteiger partial charge in [-0.25, -0.2) is 0 Å². The molecule has 2 N–H and O–H groups in total. The topological polar surface area (TPSA) is 50.7 Å². The summed E-state index contributed by atoms with van der Waals surface area (Å²) in [6, 6.07) is 10.2. The van der Waals surface area contributed by atoms with Crippen molar-refractivity contribution in [3.63, 3.8) is 0 Å². The SMILES string of the molecule is C=CC1NC2=C(C)/C(=C\C(C)CC)Oc3c2c(cc2ccccc32)C1C(O)OC. The van der Waals surface area contributed by atoms with E-state index in [1.54, 1.807) is 0 Å². The molecular weight excluding hydrogens is 362 g/mol. The Morgan fingerprint density at radius 3 is 2.79 bits per heavy atom. The second-order valence-corrected chi connectivity index (χ2v) is 7.97. The summed E-state index contributed by atoms with van der Waals surface area (Å²) in [5.41, 5.74) is 4.16. The molecule has 0 radical (unpaired) electrons. The molecule has 29 heavy (non-hydrogen) atoms. The van der Waals surface area contributed by atoms with Crippen molar-refractivity contribution < 1.29 is 14.6 Å². The molecule has 4 heteroatoms. The van der Waals surface area contributed by atoms with Crippen molar-refractivity contribution in [3.05, 3.63) is 71.5 Å². The van der Waals surface area contributed by atoms with Crippen LogP contribution < -0.4 is 10.1 Å². The maximum Gasteiger partial charge on any atom is 0.163 e. The maximum atomic E-state index is 10.7. The van der Waals surface area contributed by atoms with Crippen LogP contribution in [-0.2, 0) is 4.74 Å². The molecule has 4 atom stereocenters. The van der Waals surface area contributed by atoms with Gasteiger partial charge in [-0.15, -0.1) is 6.58 Å². The maximum absolute atomic E-state index is 10.7. The van der Waals surface area contributed by atoms with E-state index < -0.39 is 6.29 Å². The number of methoxy groups -OCH3 is 1. The fourth-order valence-corrected chi connectivity index (χ4v) is 4.31. The van der Waals surface area contributed by atoms with E-state index in [0.29, 0.717) is 5.92 Å². The molecule has 152 valence electrons. The zero-order valence-electron chi connectivity index (χ0n) is 17.5. The van der Waals surface area contributed by atoms with Crippen LogP contribution in [-0.4, -0.2) is 24.5 Å². The molecule has 4 nitrogen and oxygen atoms in total. The van der Waals surface area contributed by atoms with Gasteiger partial charge in [-0.05, 0) is 42.4 Å². The quantitative estimate of drug-likeness (QED) is 0.550. The van der Waals surface area contributed by atoms with Gasteiger partial charge < -0.3 is 19.9 Å². The summed E-state index contributed by atoms with van der Waals surface area (Å²) in [5.74, 6) is 1.87. The number of aliphatic hydroxyl groups is 1. The molecule has 4 unspecified atom stereocenters. The van der Waals surface area contributed by atoms with E-state index in [9.17, 15) is 5.11 Å². The van der Waals surface area contributed by atoms with E-state index >= 15 is 0 Å². The summed E-state index contributed by atoms with van der Waals surface area (Å²) >= 11 is 0. The number of hydrogen-bond acceptors (Lipinski definition) is 4. The lowest BCUT2D eigenvalue weighted by Gasteiger charge is -2.41. The predicted octanol–water partition coefficient (Wildman–Crippen LogP) is 5.10. The van der Waals surface area contributed by atoms with Gasteiger partial charge in [0.2, 0.25) is 0 Å². The average molecular weight is 392 g/mol. The van der Waals surface area contributed by atoms with Gasteiger partial charge in [-0.1, -0.05) is 44.2 Å². The van der Waals surface area contributed by atoms with Gasteiger partial charge in [0, 0.05) is 23.6 Å². The lowest BCUT2D eigenvalue weighted by Crippen LogP contribution is -2.44. The molecule has 0 saturated carbocycles. The molecule has 2 heterocycles. The molecule has 0 aromatic heterocycles. The first-order valence-corrected chi connectivity index (χ1v) is 10.3. The molecule has 4 rings (SSSR count). The Balaban J connectivity index is 2.04. The highest BCUT2D eigenvalue weighted by Crippen LogP contribution is 2.49. The first-order valence-electron chi connectivity index (χ1n) is 10.3. The Labute approximate surface area is 172 Å². The minimum Gasteiger partial charge on any atom is -0.456 e. The van der Waals surface area contributed by atoms with Gasteiger partial charge in [0.15, 0.2) is 6.29 Å². The van der Waals surface area contributed by atoms with Crippen LogP contribution in [0, 0.1) is 5.92 Å². The lowest BCUT2D eigenvalue weighted by atomic mass is 9.79. The Morgan fingerprint density at radius 2 is 2.10 bits per heavy atom. The summed E-state index contributed by atoms with van der Waals surface area (Å²) in [4.78, 5) is 0.